The van der Waals surface area contributed by atoms with Crippen LogP contribution >= 0.6 is 0 Å². The number of fused-ring (bicyclic) bond motifs is 3. The lowest BCUT2D eigenvalue weighted by Crippen LogP contribution is -2.47. The molecule has 0 spiro atoms. The minimum Gasteiger partial charge on any atom is -0.388 e. The molecule has 11 heteroatoms. The van der Waals surface area contributed by atoms with Gasteiger partial charge >= 0.3 is 0 Å². The normalized spacial score (nSPS) is 16.1. The first-order chi connectivity index (χ1) is 16.9. The maximum atomic E-state index is 14.8. The second kappa shape index (κ2) is 9.38. The lowest BCUT2D eigenvalue weighted by Gasteiger charge is -2.36. The predicted molar refractivity (Wildman–Crippen MR) is 133 cm³/mol. The molecular formula is C24H32FN9O. The van der Waals surface area contributed by atoms with Gasteiger partial charge in [-0.1, -0.05) is 26.8 Å². The molecule has 0 aliphatic carbocycles. The van der Waals surface area contributed by atoms with Crippen LogP contribution in [0, 0.1) is 11.7 Å². The number of aliphatic hydroxyl groups excluding tert-OH is 1. The Morgan fingerprint density at radius 2 is 1.86 bits per heavy atom. The molecule has 1 unspecified atom stereocenters. The molecular weight excluding hydrogens is 449 g/mol. The highest BCUT2D eigenvalue weighted by Gasteiger charge is 2.22. The van der Waals surface area contributed by atoms with Crippen molar-refractivity contribution in [1.82, 2.24) is 34.3 Å². The van der Waals surface area contributed by atoms with Crippen molar-refractivity contribution in [1.29, 1.82) is 0 Å². The van der Waals surface area contributed by atoms with Crippen LogP contribution in [-0.2, 0) is 13.0 Å². The van der Waals surface area contributed by atoms with Crippen molar-refractivity contribution in [2.45, 2.75) is 39.8 Å². The first kappa shape index (κ1) is 23.4. The molecule has 1 saturated heterocycles. The molecule has 1 fully saturated rings. The molecule has 3 aromatic heterocycles. The Morgan fingerprint density at radius 3 is 2.54 bits per heavy atom. The Labute approximate surface area is 203 Å². The number of aryl methyl sites for hydroxylation is 1. The third-order valence-electron chi connectivity index (χ3n) is 6.74. The molecule has 1 aliphatic heterocycles. The zero-order valence-corrected chi connectivity index (χ0v) is 20.4. The Morgan fingerprint density at radius 1 is 1.09 bits per heavy atom. The number of piperazine rings is 1. The number of hydrogen-bond donors (Lipinski definition) is 2. The van der Waals surface area contributed by atoms with Crippen LogP contribution in [-0.4, -0.2) is 72.1 Å². The van der Waals surface area contributed by atoms with Crippen molar-refractivity contribution in [3.05, 3.63) is 41.6 Å². The van der Waals surface area contributed by atoms with Crippen LogP contribution in [0.4, 0.5) is 16.0 Å². The smallest absolute Gasteiger partial charge is 0.225 e. The summed E-state index contributed by atoms with van der Waals surface area (Å²) in [6, 6.07) is 5.07. The zero-order chi connectivity index (χ0) is 24.7. The largest absolute Gasteiger partial charge is 0.388 e. The van der Waals surface area contributed by atoms with Crippen LogP contribution in [0.25, 0.3) is 16.7 Å². The van der Waals surface area contributed by atoms with E-state index in [1.807, 2.05) is 31.5 Å². The van der Waals surface area contributed by atoms with Gasteiger partial charge < -0.3 is 15.7 Å². The van der Waals surface area contributed by atoms with Crippen LogP contribution < -0.4 is 10.6 Å². The fourth-order valence-corrected chi connectivity index (χ4v) is 4.61. The van der Waals surface area contributed by atoms with Crippen LogP contribution in [0.3, 0.4) is 0 Å². The second-order valence-corrected chi connectivity index (χ2v) is 9.42. The molecule has 0 amide bonds. The summed E-state index contributed by atoms with van der Waals surface area (Å²) in [5.41, 5.74) is 8.72. The van der Waals surface area contributed by atoms with Gasteiger partial charge in [0.2, 0.25) is 5.95 Å². The van der Waals surface area contributed by atoms with Crippen LogP contribution in [0.5, 0.6) is 0 Å². The Bertz CT molecular complexity index is 1340. The topological polar surface area (TPSA) is 114 Å². The number of anilines is 2. The first-order valence-corrected chi connectivity index (χ1v) is 12.2. The number of benzene rings is 1. The molecule has 0 radical (unpaired) electrons. The third kappa shape index (κ3) is 4.41. The van der Waals surface area contributed by atoms with E-state index in [0.717, 1.165) is 50.4 Å². The fourth-order valence-electron chi connectivity index (χ4n) is 4.61. The molecule has 10 nitrogen and oxygen atoms in total. The number of halogens is 1. The summed E-state index contributed by atoms with van der Waals surface area (Å²) in [6.07, 6.45) is 1.83. The molecule has 35 heavy (non-hydrogen) atoms. The summed E-state index contributed by atoms with van der Waals surface area (Å²) < 4.78 is 18.2. The highest BCUT2D eigenvalue weighted by Crippen LogP contribution is 2.28. The summed E-state index contributed by atoms with van der Waals surface area (Å²) in [4.78, 5) is 13.5. The predicted octanol–water partition coefficient (Wildman–Crippen LogP) is 2.27. The van der Waals surface area contributed by atoms with E-state index in [1.165, 1.54) is 6.07 Å². The average Bonchev–Trinajstić information content (AvgIpc) is 3.47. The van der Waals surface area contributed by atoms with Gasteiger partial charge in [-0.15, -0.1) is 5.10 Å². The van der Waals surface area contributed by atoms with Crippen molar-refractivity contribution in [3.8, 4) is 0 Å². The number of aromatic nitrogens is 6. The Kier molecular flexibility index (Phi) is 6.28. The Hall–Kier alpha value is -3.31. The summed E-state index contributed by atoms with van der Waals surface area (Å²) in [5.74, 6) is 0.773. The summed E-state index contributed by atoms with van der Waals surface area (Å²) in [6.45, 7) is 10.4. The van der Waals surface area contributed by atoms with Crippen molar-refractivity contribution in [2.75, 3.05) is 43.4 Å². The summed E-state index contributed by atoms with van der Waals surface area (Å²) in [5, 5.41) is 20.0. The molecule has 1 aromatic carbocycles. The summed E-state index contributed by atoms with van der Waals surface area (Å²) >= 11 is 0. The zero-order valence-electron chi connectivity index (χ0n) is 20.4. The van der Waals surface area contributed by atoms with Gasteiger partial charge in [-0.3, -0.25) is 4.90 Å². The highest BCUT2D eigenvalue weighted by molar-refractivity contribution is 5.89. The molecule has 1 aliphatic rings. The van der Waals surface area contributed by atoms with Gasteiger partial charge in [0.05, 0.1) is 29.9 Å². The molecule has 4 aromatic rings. The lowest BCUT2D eigenvalue weighted by molar-refractivity contribution is 0.126. The molecule has 186 valence electrons. The number of hydrogen-bond acceptors (Lipinski definition) is 8. The molecule has 5 rings (SSSR count). The van der Waals surface area contributed by atoms with Gasteiger partial charge in [0.15, 0.2) is 17.1 Å². The van der Waals surface area contributed by atoms with Gasteiger partial charge in [0, 0.05) is 39.1 Å². The van der Waals surface area contributed by atoms with E-state index >= 15 is 0 Å². The molecule has 3 N–H and O–H groups in total. The maximum absolute atomic E-state index is 14.8. The minimum absolute atomic E-state index is 0.0403. The number of aliphatic hydroxyl groups is 1. The van der Waals surface area contributed by atoms with Crippen molar-refractivity contribution in [3.63, 3.8) is 0 Å². The molecule has 0 bridgehead atoms. The Balaban J connectivity index is 1.23. The van der Waals surface area contributed by atoms with Crippen molar-refractivity contribution >= 4 is 28.3 Å². The van der Waals surface area contributed by atoms with Crippen molar-refractivity contribution < 1.29 is 9.50 Å². The van der Waals surface area contributed by atoms with E-state index < -0.39 is 6.10 Å². The molecule has 4 heterocycles. The molecule has 1 atom stereocenters. The number of nitrogen functional groups attached to an aromatic ring is 1. The van der Waals surface area contributed by atoms with E-state index in [0.29, 0.717) is 35.0 Å². The lowest BCUT2D eigenvalue weighted by atomic mass is 9.98. The minimum atomic E-state index is -0.659. The van der Waals surface area contributed by atoms with Gasteiger partial charge in [0.1, 0.15) is 5.82 Å². The number of nitrogens with zero attached hydrogens (tertiary/aromatic N) is 8. The second-order valence-electron chi connectivity index (χ2n) is 9.42. The van der Waals surface area contributed by atoms with Gasteiger partial charge in [-0.05, 0) is 23.6 Å². The van der Waals surface area contributed by atoms with E-state index in [2.05, 4.69) is 30.0 Å². The fraction of sp³-hybridized carbons (Fsp3) is 0.500. The van der Waals surface area contributed by atoms with E-state index in [4.69, 9.17) is 5.73 Å². The quantitative estimate of drug-likeness (QED) is 0.413. The van der Waals surface area contributed by atoms with Crippen LogP contribution in [0.2, 0.25) is 0 Å². The monoisotopic (exact) mass is 481 g/mol. The van der Waals surface area contributed by atoms with Crippen LogP contribution in [0.15, 0.2) is 24.4 Å². The highest BCUT2D eigenvalue weighted by atomic mass is 19.1. The van der Waals surface area contributed by atoms with Crippen LogP contribution in [0.1, 0.15) is 38.3 Å². The van der Waals surface area contributed by atoms with Crippen molar-refractivity contribution in [2.24, 2.45) is 5.92 Å². The first-order valence-electron chi connectivity index (χ1n) is 12.2. The maximum Gasteiger partial charge on any atom is 0.225 e. The van der Waals surface area contributed by atoms with E-state index in [-0.39, 0.29) is 11.7 Å². The standard InChI is InChI=1S/C24H32FN9O/c1-4-20-28-23-17-14-27-33(22(17)29-24(26)34(23)30-20)12-9-31-7-10-32(11-8-31)19-6-5-16(13-18(19)25)21(35)15(2)3/h5-6,13-15,21,35H,4,7-12H2,1-3H3,(H2,26,29). The number of rotatable bonds is 7. The van der Waals surface area contributed by atoms with E-state index in [1.54, 1.807) is 16.8 Å². The SMILES string of the molecule is CCc1nc2c3cnn(CCN4CCN(c5ccc(C(O)C(C)C)cc5F)CC4)c3nc(N)n2n1. The summed E-state index contributed by atoms with van der Waals surface area (Å²) in [7, 11) is 0. The number of nitrogens with two attached hydrogens (primary N) is 1. The van der Waals surface area contributed by atoms with Gasteiger partial charge in [-0.2, -0.15) is 14.6 Å². The van der Waals surface area contributed by atoms with Gasteiger partial charge in [0.25, 0.3) is 0 Å². The van der Waals surface area contributed by atoms with Gasteiger partial charge in [-0.25, -0.2) is 14.1 Å². The average molecular weight is 482 g/mol. The third-order valence-corrected chi connectivity index (χ3v) is 6.74. The van der Waals surface area contributed by atoms with E-state index in [9.17, 15) is 9.50 Å². The molecule has 0 saturated carbocycles.